The van der Waals surface area contributed by atoms with Crippen molar-refractivity contribution in [1.82, 2.24) is 0 Å². The van der Waals surface area contributed by atoms with Gasteiger partial charge in [0.15, 0.2) is 0 Å². The summed E-state index contributed by atoms with van der Waals surface area (Å²) >= 11 is 6.05. The highest BCUT2D eigenvalue weighted by Gasteiger charge is 2.23. The quantitative estimate of drug-likeness (QED) is 0.863. The lowest BCUT2D eigenvalue weighted by atomic mass is 9.85. The number of hydrogen-bond donors (Lipinski definition) is 1. The van der Waals surface area contributed by atoms with Crippen LogP contribution in [-0.4, -0.2) is 0 Å². The van der Waals surface area contributed by atoms with Gasteiger partial charge in [-0.1, -0.05) is 61.8 Å². The van der Waals surface area contributed by atoms with Gasteiger partial charge in [-0.3, -0.25) is 0 Å². The van der Waals surface area contributed by atoms with Gasteiger partial charge in [0.2, 0.25) is 0 Å². The average molecular weight is 274 g/mol. The molecule has 0 aliphatic heterocycles. The maximum absolute atomic E-state index is 6.50. The molecule has 0 saturated carbocycles. The second-order valence-electron chi connectivity index (χ2n) is 5.49. The van der Waals surface area contributed by atoms with E-state index in [-0.39, 0.29) is 0 Å². The zero-order chi connectivity index (χ0) is 14.0. The second kappa shape index (κ2) is 5.36. The van der Waals surface area contributed by atoms with Gasteiger partial charge in [-0.2, -0.15) is 0 Å². The third-order valence-electron chi connectivity index (χ3n) is 3.60. The second-order valence-corrected chi connectivity index (χ2v) is 5.93. The van der Waals surface area contributed by atoms with Crippen molar-refractivity contribution in [2.45, 2.75) is 32.2 Å². The normalized spacial score (nSPS) is 14.4. The number of halogens is 1. The van der Waals surface area contributed by atoms with Crippen molar-refractivity contribution in [2.24, 2.45) is 5.73 Å². The zero-order valence-corrected chi connectivity index (χ0v) is 12.4. The van der Waals surface area contributed by atoms with Crippen LogP contribution < -0.4 is 5.73 Å². The number of nitrogens with two attached hydrogens (primary N) is 1. The Bertz CT molecular complexity index is 556. The van der Waals surface area contributed by atoms with Crippen LogP contribution in [0.25, 0.3) is 0 Å². The maximum atomic E-state index is 6.50. The topological polar surface area (TPSA) is 26.0 Å². The van der Waals surface area contributed by atoms with Crippen molar-refractivity contribution in [3.63, 3.8) is 0 Å². The molecule has 1 atom stereocenters. The van der Waals surface area contributed by atoms with E-state index in [0.717, 1.165) is 11.1 Å². The van der Waals surface area contributed by atoms with Crippen LogP contribution in [0.15, 0.2) is 48.5 Å². The Kier molecular flexibility index (Phi) is 3.98. The Morgan fingerprint density at radius 2 is 1.63 bits per heavy atom. The number of benzene rings is 2. The minimum atomic E-state index is -0.527. The molecule has 1 nitrogen and oxygen atoms in total. The lowest BCUT2D eigenvalue weighted by molar-refractivity contribution is 0.602. The average Bonchev–Trinajstić information content (AvgIpc) is 2.39. The van der Waals surface area contributed by atoms with Crippen LogP contribution in [0.3, 0.4) is 0 Å². The van der Waals surface area contributed by atoms with Crippen molar-refractivity contribution in [2.75, 3.05) is 0 Å². The molecular formula is C17H20ClN. The van der Waals surface area contributed by atoms with Gasteiger partial charge >= 0.3 is 0 Å². The molecule has 0 aromatic heterocycles. The molecule has 19 heavy (non-hydrogen) atoms. The zero-order valence-electron chi connectivity index (χ0n) is 11.7. The van der Waals surface area contributed by atoms with Crippen LogP contribution >= 0.6 is 11.6 Å². The van der Waals surface area contributed by atoms with Gasteiger partial charge in [0.1, 0.15) is 0 Å². The monoisotopic (exact) mass is 273 g/mol. The van der Waals surface area contributed by atoms with Crippen molar-refractivity contribution in [3.05, 3.63) is 70.2 Å². The fourth-order valence-electron chi connectivity index (χ4n) is 2.19. The first-order valence-corrected chi connectivity index (χ1v) is 6.94. The van der Waals surface area contributed by atoms with Gasteiger partial charge in [-0.05, 0) is 41.7 Å². The SMILES string of the molecule is CC(C)c1ccc(C(C)(N)c2cccc(Cl)c2)cc1. The molecule has 2 rings (SSSR count). The molecular weight excluding hydrogens is 254 g/mol. The molecule has 2 N–H and O–H groups in total. The van der Waals surface area contributed by atoms with Gasteiger partial charge in [0, 0.05) is 5.02 Å². The molecule has 0 amide bonds. The van der Waals surface area contributed by atoms with E-state index in [0.29, 0.717) is 10.9 Å². The van der Waals surface area contributed by atoms with Crippen LogP contribution in [0.1, 0.15) is 43.4 Å². The van der Waals surface area contributed by atoms with E-state index < -0.39 is 5.54 Å². The Balaban J connectivity index is 2.38. The third-order valence-corrected chi connectivity index (χ3v) is 3.84. The summed E-state index contributed by atoms with van der Waals surface area (Å²) in [5, 5.41) is 0.716. The summed E-state index contributed by atoms with van der Waals surface area (Å²) in [6.45, 7) is 6.39. The molecule has 0 spiro atoms. The minimum absolute atomic E-state index is 0.527. The van der Waals surface area contributed by atoms with Crippen molar-refractivity contribution in [3.8, 4) is 0 Å². The molecule has 0 saturated heterocycles. The highest BCUT2D eigenvalue weighted by molar-refractivity contribution is 6.30. The van der Waals surface area contributed by atoms with E-state index in [2.05, 4.69) is 38.1 Å². The fraction of sp³-hybridized carbons (Fsp3) is 0.294. The largest absolute Gasteiger partial charge is 0.318 e. The first-order chi connectivity index (χ1) is 8.91. The molecule has 0 aliphatic carbocycles. The van der Waals surface area contributed by atoms with Crippen molar-refractivity contribution >= 4 is 11.6 Å². The van der Waals surface area contributed by atoms with Crippen LogP contribution in [0.5, 0.6) is 0 Å². The summed E-state index contributed by atoms with van der Waals surface area (Å²) in [5.74, 6) is 0.532. The summed E-state index contributed by atoms with van der Waals surface area (Å²) < 4.78 is 0. The summed E-state index contributed by atoms with van der Waals surface area (Å²) in [5.41, 5.74) is 9.41. The first kappa shape index (κ1) is 14.1. The standard InChI is InChI=1S/C17H20ClN/c1-12(2)13-7-9-14(10-8-13)17(3,19)15-5-4-6-16(18)11-15/h4-12H,19H2,1-3H3. The molecule has 2 aromatic rings. The highest BCUT2D eigenvalue weighted by atomic mass is 35.5. The highest BCUT2D eigenvalue weighted by Crippen LogP contribution is 2.29. The van der Waals surface area contributed by atoms with Crippen LogP contribution in [0.4, 0.5) is 0 Å². The minimum Gasteiger partial charge on any atom is -0.318 e. The Morgan fingerprint density at radius 1 is 1.00 bits per heavy atom. The molecule has 0 fully saturated rings. The summed E-state index contributed by atoms with van der Waals surface area (Å²) in [4.78, 5) is 0. The van der Waals surface area contributed by atoms with E-state index in [9.17, 15) is 0 Å². The number of rotatable bonds is 3. The van der Waals surface area contributed by atoms with Crippen LogP contribution in [-0.2, 0) is 5.54 Å². The van der Waals surface area contributed by atoms with Gasteiger partial charge in [-0.15, -0.1) is 0 Å². The molecule has 2 heteroatoms. The molecule has 0 bridgehead atoms. The predicted molar refractivity (Wildman–Crippen MR) is 82.6 cm³/mol. The number of hydrogen-bond acceptors (Lipinski definition) is 1. The predicted octanol–water partition coefficient (Wildman–Crippen LogP) is 4.69. The summed E-state index contributed by atoms with van der Waals surface area (Å²) in [6.07, 6.45) is 0. The van der Waals surface area contributed by atoms with Gasteiger partial charge < -0.3 is 5.73 Å². The van der Waals surface area contributed by atoms with Gasteiger partial charge in [0.05, 0.1) is 5.54 Å². The van der Waals surface area contributed by atoms with E-state index in [1.807, 2.05) is 31.2 Å². The molecule has 0 aliphatic rings. The molecule has 1 unspecified atom stereocenters. The van der Waals surface area contributed by atoms with Crippen LogP contribution in [0.2, 0.25) is 5.02 Å². The van der Waals surface area contributed by atoms with Gasteiger partial charge in [0.25, 0.3) is 0 Å². The van der Waals surface area contributed by atoms with E-state index in [4.69, 9.17) is 17.3 Å². The molecule has 100 valence electrons. The van der Waals surface area contributed by atoms with E-state index >= 15 is 0 Å². The van der Waals surface area contributed by atoms with Crippen molar-refractivity contribution < 1.29 is 0 Å². The lowest BCUT2D eigenvalue weighted by Gasteiger charge is -2.26. The Labute approximate surface area is 120 Å². The van der Waals surface area contributed by atoms with E-state index in [1.54, 1.807) is 0 Å². The van der Waals surface area contributed by atoms with Crippen molar-refractivity contribution in [1.29, 1.82) is 0 Å². The van der Waals surface area contributed by atoms with E-state index in [1.165, 1.54) is 5.56 Å². The summed E-state index contributed by atoms with van der Waals surface area (Å²) in [6, 6.07) is 16.3. The first-order valence-electron chi connectivity index (χ1n) is 6.56. The van der Waals surface area contributed by atoms with Crippen LogP contribution in [0, 0.1) is 0 Å². The molecule has 0 heterocycles. The maximum Gasteiger partial charge on any atom is 0.0637 e. The Hall–Kier alpha value is -1.31. The summed E-state index contributed by atoms with van der Waals surface area (Å²) in [7, 11) is 0. The molecule has 0 radical (unpaired) electrons. The molecule has 2 aromatic carbocycles. The van der Waals surface area contributed by atoms with Gasteiger partial charge in [-0.25, -0.2) is 0 Å². The third kappa shape index (κ3) is 2.99. The fourth-order valence-corrected chi connectivity index (χ4v) is 2.38. The Morgan fingerprint density at radius 3 is 2.16 bits per heavy atom. The lowest BCUT2D eigenvalue weighted by Crippen LogP contribution is -2.34. The smallest absolute Gasteiger partial charge is 0.0637 e.